The molecule has 4 heteroatoms. The Morgan fingerprint density at radius 3 is 2.72 bits per heavy atom. The van der Waals surface area contributed by atoms with Crippen LogP contribution in [-0.2, 0) is 14.3 Å². The highest BCUT2D eigenvalue weighted by Gasteiger charge is 2.62. The summed E-state index contributed by atoms with van der Waals surface area (Å²) in [6, 6.07) is 0. The SMILES string of the molecule is CC(=O)OCC12CCC3C(CCC4CC(O)CCC43C)C1CCC2=O. The number of aliphatic hydroxyl groups is 1. The van der Waals surface area contributed by atoms with Gasteiger partial charge in [0.2, 0.25) is 0 Å². The summed E-state index contributed by atoms with van der Waals surface area (Å²) in [7, 11) is 0. The summed E-state index contributed by atoms with van der Waals surface area (Å²) in [5, 5.41) is 10.1. The molecule has 1 N–H and O–H groups in total. The van der Waals surface area contributed by atoms with Crippen LogP contribution in [0.15, 0.2) is 0 Å². The first kappa shape index (κ1) is 17.5. The predicted molar refractivity (Wildman–Crippen MR) is 93.7 cm³/mol. The van der Waals surface area contributed by atoms with Crippen molar-refractivity contribution in [3.05, 3.63) is 0 Å². The second-order valence-corrected chi connectivity index (χ2v) is 9.52. The minimum atomic E-state index is -0.399. The van der Waals surface area contributed by atoms with Gasteiger partial charge in [-0.05, 0) is 80.5 Å². The number of carbonyl (C=O) groups is 2. The molecule has 0 heterocycles. The molecule has 7 atom stereocenters. The molecule has 0 aliphatic heterocycles. The van der Waals surface area contributed by atoms with Crippen molar-refractivity contribution >= 4 is 11.8 Å². The van der Waals surface area contributed by atoms with E-state index in [0.29, 0.717) is 47.9 Å². The molecule has 4 aliphatic rings. The van der Waals surface area contributed by atoms with Gasteiger partial charge in [-0.2, -0.15) is 0 Å². The van der Waals surface area contributed by atoms with E-state index in [0.717, 1.165) is 38.5 Å². The van der Waals surface area contributed by atoms with E-state index in [9.17, 15) is 14.7 Å². The first-order valence-electron chi connectivity index (χ1n) is 10.2. The molecule has 0 radical (unpaired) electrons. The smallest absolute Gasteiger partial charge is 0.302 e. The van der Waals surface area contributed by atoms with Crippen LogP contribution in [0.1, 0.15) is 71.6 Å². The normalized spacial score (nSPS) is 49.1. The lowest BCUT2D eigenvalue weighted by Crippen LogP contribution is -2.55. The molecule has 4 aliphatic carbocycles. The molecular formula is C21H32O4. The van der Waals surface area contributed by atoms with Crippen molar-refractivity contribution in [1.29, 1.82) is 0 Å². The number of rotatable bonds is 2. The van der Waals surface area contributed by atoms with Crippen LogP contribution in [0, 0.1) is 34.5 Å². The van der Waals surface area contributed by atoms with E-state index in [-0.39, 0.29) is 12.1 Å². The number of ketones is 1. The van der Waals surface area contributed by atoms with Gasteiger partial charge in [-0.1, -0.05) is 6.92 Å². The van der Waals surface area contributed by atoms with Gasteiger partial charge >= 0.3 is 5.97 Å². The van der Waals surface area contributed by atoms with E-state index in [1.807, 2.05) is 0 Å². The highest BCUT2D eigenvalue weighted by Crippen LogP contribution is 2.65. The summed E-state index contributed by atoms with van der Waals surface area (Å²) in [4.78, 5) is 24.2. The lowest BCUT2D eigenvalue weighted by molar-refractivity contribution is -0.162. The van der Waals surface area contributed by atoms with Crippen LogP contribution in [0.4, 0.5) is 0 Å². The maximum absolute atomic E-state index is 12.8. The van der Waals surface area contributed by atoms with Crippen LogP contribution < -0.4 is 0 Å². The van der Waals surface area contributed by atoms with Gasteiger partial charge in [0.1, 0.15) is 12.4 Å². The lowest BCUT2D eigenvalue weighted by atomic mass is 9.45. The number of fused-ring (bicyclic) bond motifs is 5. The van der Waals surface area contributed by atoms with E-state index in [1.165, 1.54) is 19.8 Å². The fraction of sp³-hybridized carbons (Fsp3) is 0.905. The minimum Gasteiger partial charge on any atom is -0.465 e. The number of carbonyl (C=O) groups excluding carboxylic acids is 2. The Labute approximate surface area is 150 Å². The second kappa shape index (κ2) is 6.07. The van der Waals surface area contributed by atoms with Gasteiger partial charge in [0, 0.05) is 13.3 Å². The number of hydrogen-bond acceptors (Lipinski definition) is 4. The number of hydrogen-bond donors (Lipinski definition) is 1. The molecule has 0 saturated heterocycles. The van der Waals surface area contributed by atoms with Gasteiger partial charge in [0.05, 0.1) is 11.5 Å². The van der Waals surface area contributed by atoms with Crippen molar-refractivity contribution in [3.63, 3.8) is 0 Å². The van der Waals surface area contributed by atoms with Crippen LogP contribution in [0.25, 0.3) is 0 Å². The zero-order chi connectivity index (χ0) is 17.8. The van der Waals surface area contributed by atoms with E-state index in [1.54, 1.807) is 0 Å². The molecule has 7 unspecified atom stereocenters. The van der Waals surface area contributed by atoms with Crippen LogP contribution in [0.5, 0.6) is 0 Å². The summed E-state index contributed by atoms with van der Waals surface area (Å²) >= 11 is 0. The number of ether oxygens (including phenoxy) is 1. The first-order chi connectivity index (χ1) is 11.9. The van der Waals surface area contributed by atoms with Crippen LogP contribution in [0.2, 0.25) is 0 Å². The van der Waals surface area contributed by atoms with Gasteiger partial charge in [-0.3, -0.25) is 9.59 Å². The number of aliphatic hydroxyl groups excluding tert-OH is 1. The molecule has 0 aromatic carbocycles. The Balaban J connectivity index is 1.60. The van der Waals surface area contributed by atoms with Crippen LogP contribution in [-0.4, -0.2) is 29.6 Å². The highest BCUT2D eigenvalue weighted by molar-refractivity contribution is 5.88. The Morgan fingerprint density at radius 1 is 1.16 bits per heavy atom. The molecule has 4 fully saturated rings. The van der Waals surface area contributed by atoms with Gasteiger partial charge in [-0.15, -0.1) is 0 Å². The third-order valence-corrected chi connectivity index (χ3v) is 8.62. The molecular weight excluding hydrogens is 316 g/mol. The van der Waals surface area contributed by atoms with E-state index >= 15 is 0 Å². The zero-order valence-electron chi connectivity index (χ0n) is 15.6. The van der Waals surface area contributed by atoms with Gasteiger partial charge in [-0.25, -0.2) is 0 Å². The van der Waals surface area contributed by atoms with Crippen molar-refractivity contribution in [2.75, 3.05) is 6.61 Å². The van der Waals surface area contributed by atoms with E-state index in [4.69, 9.17) is 4.74 Å². The molecule has 140 valence electrons. The van der Waals surface area contributed by atoms with Gasteiger partial charge in [0.25, 0.3) is 0 Å². The molecule has 4 rings (SSSR count). The Morgan fingerprint density at radius 2 is 1.96 bits per heavy atom. The number of esters is 1. The fourth-order valence-electron chi connectivity index (χ4n) is 7.31. The first-order valence-corrected chi connectivity index (χ1v) is 10.2. The maximum Gasteiger partial charge on any atom is 0.302 e. The second-order valence-electron chi connectivity index (χ2n) is 9.52. The Kier molecular flexibility index (Phi) is 4.25. The Bertz CT molecular complexity index is 572. The van der Waals surface area contributed by atoms with Crippen molar-refractivity contribution in [3.8, 4) is 0 Å². The standard InChI is InChI=1S/C21H32O4/c1-13(22)25-12-21-10-8-17-16(18(21)5-6-19(21)24)4-3-14-11-15(23)7-9-20(14,17)2/h14-18,23H,3-12H2,1-2H3. The van der Waals surface area contributed by atoms with E-state index in [2.05, 4.69) is 6.92 Å². The third-order valence-electron chi connectivity index (χ3n) is 8.62. The molecule has 4 saturated carbocycles. The van der Waals surface area contributed by atoms with E-state index < -0.39 is 5.41 Å². The summed E-state index contributed by atoms with van der Waals surface area (Å²) in [6.07, 6.45) is 8.86. The fourth-order valence-corrected chi connectivity index (χ4v) is 7.31. The minimum absolute atomic E-state index is 0.116. The largest absolute Gasteiger partial charge is 0.465 e. The molecule has 25 heavy (non-hydrogen) atoms. The van der Waals surface area contributed by atoms with Crippen molar-refractivity contribution < 1.29 is 19.4 Å². The van der Waals surface area contributed by atoms with Crippen molar-refractivity contribution in [2.45, 2.75) is 77.7 Å². The molecule has 0 aromatic rings. The molecule has 0 spiro atoms. The van der Waals surface area contributed by atoms with Gasteiger partial charge < -0.3 is 9.84 Å². The zero-order valence-corrected chi connectivity index (χ0v) is 15.6. The quantitative estimate of drug-likeness (QED) is 0.776. The average Bonchev–Trinajstić information content (AvgIpc) is 2.91. The summed E-state index contributed by atoms with van der Waals surface area (Å²) in [5.41, 5.74) is -0.0778. The molecule has 0 bridgehead atoms. The highest BCUT2D eigenvalue weighted by atomic mass is 16.5. The maximum atomic E-state index is 12.8. The van der Waals surface area contributed by atoms with Crippen LogP contribution >= 0.6 is 0 Å². The summed E-state index contributed by atoms with van der Waals surface area (Å²) in [5.74, 6) is 2.35. The summed E-state index contributed by atoms with van der Waals surface area (Å²) in [6.45, 7) is 4.19. The Hall–Kier alpha value is -0.900. The average molecular weight is 348 g/mol. The molecule has 0 amide bonds. The van der Waals surface area contributed by atoms with Gasteiger partial charge in [0.15, 0.2) is 0 Å². The van der Waals surface area contributed by atoms with Crippen LogP contribution in [0.3, 0.4) is 0 Å². The lowest BCUT2D eigenvalue weighted by Gasteiger charge is -2.60. The molecule has 0 aromatic heterocycles. The predicted octanol–water partition coefficient (Wildman–Crippen LogP) is 3.50. The third kappa shape index (κ3) is 2.58. The number of Topliss-reactive ketones (excluding diaryl/α,β-unsaturated/α-hetero) is 1. The topological polar surface area (TPSA) is 63.6 Å². The monoisotopic (exact) mass is 348 g/mol. The molecule has 4 nitrogen and oxygen atoms in total. The van der Waals surface area contributed by atoms with Crippen molar-refractivity contribution in [1.82, 2.24) is 0 Å². The van der Waals surface area contributed by atoms with Crippen molar-refractivity contribution in [2.24, 2.45) is 34.5 Å². The summed E-state index contributed by atoms with van der Waals surface area (Å²) < 4.78 is 5.39.